The maximum Gasteiger partial charge on any atom is 0.349 e. The van der Waals surface area contributed by atoms with Crippen molar-refractivity contribution in [2.75, 3.05) is 11.9 Å². The molecule has 1 unspecified atom stereocenters. The van der Waals surface area contributed by atoms with Gasteiger partial charge in [0, 0.05) is 11.5 Å². The summed E-state index contributed by atoms with van der Waals surface area (Å²) in [5, 5.41) is 6.24. The molecule has 0 bridgehead atoms. The van der Waals surface area contributed by atoms with E-state index in [1.165, 1.54) is 0 Å². The number of amides is 2. The van der Waals surface area contributed by atoms with Crippen molar-refractivity contribution in [2.45, 2.75) is 53.5 Å². The Morgan fingerprint density at radius 2 is 1.96 bits per heavy atom. The predicted octanol–water partition coefficient (Wildman–Crippen LogP) is 3.11. The van der Waals surface area contributed by atoms with E-state index in [-0.39, 0.29) is 24.5 Å². The number of rotatable bonds is 6. The van der Waals surface area contributed by atoms with Crippen LogP contribution in [0.1, 0.15) is 55.8 Å². The van der Waals surface area contributed by atoms with Gasteiger partial charge >= 0.3 is 5.97 Å². The van der Waals surface area contributed by atoms with E-state index < -0.39 is 11.4 Å². The maximum absolute atomic E-state index is 12.2. The van der Waals surface area contributed by atoms with Crippen molar-refractivity contribution in [2.24, 2.45) is 11.3 Å². The first-order valence-electron chi connectivity index (χ1n) is 8.46. The second kappa shape index (κ2) is 7.56. The van der Waals surface area contributed by atoms with Gasteiger partial charge in [-0.3, -0.25) is 9.59 Å². The zero-order chi connectivity index (χ0) is 18.8. The first-order chi connectivity index (χ1) is 11.6. The van der Waals surface area contributed by atoms with Gasteiger partial charge in [0.25, 0.3) is 5.91 Å². The molecule has 0 aliphatic heterocycles. The van der Waals surface area contributed by atoms with Crippen LogP contribution >= 0.6 is 11.3 Å². The second-order valence-electron chi connectivity index (χ2n) is 7.60. The van der Waals surface area contributed by atoms with Crippen molar-refractivity contribution in [3.05, 3.63) is 16.5 Å². The molecule has 1 aromatic heterocycles. The van der Waals surface area contributed by atoms with Gasteiger partial charge in [-0.2, -0.15) is 0 Å². The summed E-state index contributed by atoms with van der Waals surface area (Å²) in [7, 11) is 0. The Morgan fingerprint density at radius 3 is 2.52 bits per heavy atom. The summed E-state index contributed by atoms with van der Waals surface area (Å²) in [6, 6.07) is 1.86. The molecule has 2 rings (SSSR count). The second-order valence-corrected chi connectivity index (χ2v) is 8.65. The van der Waals surface area contributed by atoms with Crippen LogP contribution in [0.25, 0.3) is 0 Å². The lowest BCUT2D eigenvalue weighted by Gasteiger charge is -2.16. The SMILES string of the molecule is Cc1cc(NC(=O)C(C)(C)C)sc1C(=O)OCC(=O)NC(C)C1CC1. The van der Waals surface area contributed by atoms with Crippen LogP contribution in [0.2, 0.25) is 0 Å². The summed E-state index contributed by atoms with van der Waals surface area (Å²) in [4.78, 5) is 36.4. The molecule has 7 heteroatoms. The zero-order valence-corrected chi connectivity index (χ0v) is 16.2. The molecule has 25 heavy (non-hydrogen) atoms. The van der Waals surface area contributed by atoms with Crippen molar-refractivity contribution in [3.63, 3.8) is 0 Å². The van der Waals surface area contributed by atoms with Crippen LogP contribution in [0.5, 0.6) is 0 Å². The van der Waals surface area contributed by atoms with Crippen LogP contribution in [-0.2, 0) is 14.3 Å². The molecule has 1 saturated carbocycles. The van der Waals surface area contributed by atoms with E-state index in [2.05, 4.69) is 10.6 Å². The number of hydrogen-bond acceptors (Lipinski definition) is 5. The third-order valence-electron chi connectivity index (χ3n) is 4.07. The summed E-state index contributed by atoms with van der Waals surface area (Å²) >= 11 is 1.15. The van der Waals surface area contributed by atoms with Crippen molar-refractivity contribution >= 4 is 34.1 Å². The molecule has 0 aromatic carbocycles. The first kappa shape index (κ1) is 19.4. The Morgan fingerprint density at radius 1 is 1.32 bits per heavy atom. The molecular weight excluding hydrogens is 340 g/mol. The number of aryl methyl sites for hydroxylation is 1. The smallest absolute Gasteiger partial charge is 0.349 e. The van der Waals surface area contributed by atoms with Gasteiger partial charge in [0.15, 0.2) is 6.61 Å². The van der Waals surface area contributed by atoms with Crippen molar-refractivity contribution in [1.82, 2.24) is 5.32 Å². The Labute approximate surface area is 152 Å². The summed E-state index contributed by atoms with van der Waals surface area (Å²) in [5.74, 6) is -0.411. The third-order valence-corrected chi connectivity index (χ3v) is 5.21. The highest BCUT2D eigenvalue weighted by Crippen LogP contribution is 2.32. The number of carbonyl (C=O) groups excluding carboxylic acids is 3. The fourth-order valence-electron chi connectivity index (χ4n) is 2.25. The highest BCUT2D eigenvalue weighted by Gasteiger charge is 2.29. The quantitative estimate of drug-likeness (QED) is 0.758. The van der Waals surface area contributed by atoms with E-state index in [0.717, 1.165) is 24.2 Å². The van der Waals surface area contributed by atoms with Gasteiger partial charge < -0.3 is 15.4 Å². The topological polar surface area (TPSA) is 84.5 Å². The van der Waals surface area contributed by atoms with Crippen LogP contribution in [0.4, 0.5) is 5.00 Å². The Bertz CT molecular complexity index is 671. The number of thiophene rings is 1. The van der Waals surface area contributed by atoms with E-state index in [4.69, 9.17) is 4.74 Å². The Hall–Kier alpha value is -1.89. The molecule has 138 valence electrons. The van der Waals surface area contributed by atoms with E-state index in [0.29, 0.717) is 21.4 Å². The molecule has 0 radical (unpaired) electrons. The minimum atomic E-state index is -0.548. The van der Waals surface area contributed by atoms with E-state index in [1.807, 2.05) is 27.7 Å². The van der Waals surface area contributed by atoms with Gasteiger partial charge in [-0.05, 0) is 44.2 Å². The molecule has 1 atom stereocenters. The van der Waals surface area contributed by atoms with Crippen molar-refractivity contribution in [3.8, 4) is 0 Å². The molecule has 1 heterocycles. The van der Waals surface area contributed by atoms with Gasteiger partial charge in [-0.1, -0.05) is 20.8 Å². The minimum Gasteiger partial charge on any atom is -0.451 e. The average Bonchev–Trinajstić information content (AvgIpc) is 3.28. The third kappa shape index (κ3) is 5.56. The van der Waals surface area contributed by atoms with Gasteiger partial charge in [-0.15, -0.1) is 11.3 Å². The maximum atomic E-state index is 12.2. The van der Waals surface area contributed by atoms with Gasteiger partial charge in [0.1, 0.15) is 4.88 Å². The van der Waals surface area contributed by atoms with Gasteiger partial charge in [0.05, 0.1) is 5.00 Å². The molecule has 1 aliphatic rings. The van der Waals surface area contributed by atoms with Crippen molar-refractivity contribution in [1.29, 1.82) is 0 Å². The molecule has 0 spiro atoms. The number of hydrogen-bond donors (Lipinski definition) is 2. The number of esters is 1. The molecule has 1 aromatic rings. The van der Waals surface area contributed by atoms with E-state index in [9.17, 15) is 14.4 Å². The molecule has 1 aliphatic carbocycles. The highest BCUT2D eigenvalue weighted by molar-refractivity contribution is 7.18. The molecule has 2 amide bonds. The fourth-order valence-corrected chi connectivity index (χ4v) is 3.21. The van der Waals surface area contributed by atoms with Crippen LogP contribution in [-0.4, -0.2) is 30.4 Å². The minimum absolute atomic E-state index is 0.119. The van der Waals surface area contributed by atoms with Crippen LogP contribution in [0, 0.1) is 18.3 Å². The molecular formula is C18H26N2O4S. The molecule has 2 N–H and O–H groups in total. The number of carbonyl (C=O) groups is 3. The molecule has 0 saturated heterocycles. The predicted molar refractivity (Wildman–Crippen MR) is 97.8 cm³/mol. The van der Waals surface area contributed by atoms with Crippen LogP contribution in [0.3, 0.4) is 0 Å². The standard InChI is InChI=1S/C18H26N2O4S/c1-10-8-14(20-17(23)18(3,4)5)25-15(10)16(22)24-9-13(21)19-11(2)12-6-7-12/h8,11-12H,6-7,9H2,1-5H3,(H,19,21)(H,20,23). The number of anilines is 1. The lowest BCUT2D eigenvalue weighted by atomic mass is 9.96. The van der Waals surface area contributed by atoms with E-state index in [1.54, 1.807) is 13.0 Å². The Balaban J connectivity index is 1.88. The van der Waals surface area contributed by atoms with Crippen LogP contribution < -0.4 is 10.6 Å². The van der Waals surface area contributed by atoms with E-state index >= 15 is 0 Å². The lowest BCUT2D eigenvalue weighted by Crippen LogP contribution is -2.37. The molecule has 6 nitrogen and oxygen atoms in total. The molecule has 1 fully saturated rings. The summed E-state index contributed by atoms with van der Waals surface area (Å²) < 4.78 is 5.10. The first-order valence-corrected chi connectivity index (χ1v) is 9.28. The lowest BCUT2D eigenvalue weighted by molar-refractivity contribution is -0.125. The van der Waals surface area contributed by atoms with Crippen LogP contribution in [0.15, 0.2) is 6.07 Å². The normalized spacial score (nSPS) is 15.4. The summed E-state index contributed by atoms with van der Waals surface area (Å²) in [5.41, 5.74) is 0.195. The summed E-state index contributed by atoms with van der Waals surface area (Å²) in [6.45, 7) is 8.90. The Kier molecular flexibility index (Phi) is 5.87. The monoisotopic (exact) mass is 366 g/mol. The zero-order valence-electron chi connectivity index (χ0n) is 15.4. The van der Waals surface area contributed by atoms with Gasteiger partial charge in [-0.25, -0.2) is 4.79 Å². The largest absolute Gasteiger partial charge is 0.451 e. The average molecular weight is 366 g/mol. The summed E-state index contributed by atoms with van der Waals surface area (Å²) in [6.07, 6.45) is 2.28. The fraction of sp³-hybridized carbons (Fsp3) is 0.611. The number of nitrogens with one attached hydrogen (secondary N) is 2. The van der Waals surface area contributed by atoms with Crippen molar-refractivity contribution < 1.29 is 19.1 Å². The van der Waals surface area contributed by atoms with Gasteiger partial charge in [0.2, 0.25) is 5.91 Å². The highest BCUT2D eigenvalue weighted by atomic mass is 32.1. The number of ether oxygens (including phenoxy) is 1.